The lowest BCUT2D eigenvalue weighted by atomic mass is 9.72. The van der Waals surface area contributed by atoms with E-state index in [1.807, 2.05) is 0 Å². The van der Waals surface area contributed by atoms with Crippen LogP contribution in [0.3, 0.4) is 0 Å². The van der Waals surface area contributed by atoms with Crippen LogP contribution in [0.4, 0.5) is 4.79 Å². The number of hydroxylamine groups is 2. The zero-order chi connectivity index (χ0) is 29.8. The number of aliphatic imine (C=N–C) groups is 1. The van der Waals surface area contributed by atoms with Gasteiger partial charge in [-0.3, -0.25) is 5.21 Å². The molecular formula is C23H45N9O8. The number of nitrogens with two attached hydrogens (primary N) is 5. The molecule has 3 rings (SSSR count). The molecule has 0 aromatic heterocycles. The largest absolute Gasteiger partial charge is 0.491 e. The van der Waals surface area contributed by atoms with Crippen LogP contribution in [0.1, 0.15) is 19.8 Å². The number of rotatable bonds is 9. The summed E-state index contributed by atoms with van der Waals surface area (Å²) in [6.07, 6.45) is -3.88. The van der Waals surface area contributed by atoms with E-state index in [1.165, 1.54) is 6.92 Å². The van der Waals surface area contributed by atoms with Gasteiger partial charge in [-0.05, 0) is 32.9 Å². The first-order chi connectivity index (χ1) is 18.8. The number of urea groups is 1. The summed E-state index contributed by atoms with van der Waals surface area (Å²) >= 11 is 0. The Morgan fingerprint density at radius 3 is 2.60 bits per heavy atom. The van der Waals surface area contributed by atoms with Gasteiger partial charge < -0.3 is 68.8 Å². The molecule has 2 heterocycles. The number of nitrogens with one attached hydrogen (secondary N) is 2. The number of nitrogens with zero attached hydrogens (tertiary/aromatic N) is 2. The van der Waals surface area contributed by atoms with E-state index in [0.29, 0.717) is 17.2 Å². The van der Waals surface area contributed by atoms with Crippen LogP contribution in [0.15, 0.2) is 16.8 Å². The molecule has 40 heavy (non-hydrogen) atoms. The van der Waals surface area contributed by atoms with Gasteiger partial charge >= 0.3 is 6.03 Å². The third kappa shape index (κ3) is 7.11. The molecule has 0 aromatic carbocycles. The average Bonchev–Trinajstić information content (AvgIpc) is 2.88. The summed E-state index contributed by atoms with van der Waals surface area (Å²) in [6.45, 7) is 1.28. The van der Waals surface area contributed by atoms with Gasteiger partial charge in [0, 0.05) is 18.5 Å². The molecule has 2 amide bonds. The number of amides is 2. The number of ether oxygens (including phenoxy) is 3. The van der Waals surface area contributed by atoms with Crippen LogP contribution in [0, 0.1) is 5.92 Å². The van der Waals surface area contributed by atoms with Crippen LogP contribution in [-0.2, 0) is 14.2 Å². The normalized spacial score (nSPS) is 40.0. The minimum Gasteiger partial charge on any atom is -0.491 e. The van der Waals surface area contributed by atoms with Gasteiger partial charge in [-0.25, -0.2) is 14.9 Å². The Balaban J connectivity index is 1.94. The molecule has 1 saturated carbocycles. The summed E-state index contributed by atoms with van der Waals surface area (Å²) in [4.78, 5) is 16.9. The lowest BCUT2D eigenvalue weighted by Gasteiger charge is -2.50. The molecule has 17 heteroatoms. The zero-order valence-electron chi connectivity index (χ0n) is 22.8. The quantitative estimate of drug-likeness (QED) is 0.0532. The second kappa shape index (κ2) is 13.6. The molecule has 230 valence electrons. The molecule has 0 aromatic rings. The highest BCUT2D eigenvalue weighted by Gasteiger charge is 2.53. The predicted molar refractivity (Wildman–Crippen MR) is 142 cm³/mol. The van der Waals surface area contributed by atoms with Crippen LogP contribution < -0.4 is 39.3 Å². The second-order valence-electron chi connectivity index (χ2n) is 10.6. The minimum absolute atomic E-state index is 0.00829. The maximum absolute atomic E-state index is 12.7. The van der Waals surface area contributed by atoms with E-state index in [4.69, 9.17) is 42.9 Å². The maximum Gasteiger partial charge on any atom is 0.341 e. The maximum atomic E-state index is 12.7. The van der Waals surface area contributed by atoms with Gasteiger partial charge in [0.25, 0.3) is 0 Å². The highest BCUT2D eigenvalue weighted by atomic mass is 16.7. The SMILES string of the molecule is CN[C@@H]1[C@@H](O)[C@@H](O[C@H]2[C@H](NC(=O)N(O)CCN)C[C@H](N)C([C@H]3OC(CN)=CC[C@H]3N=C(N)N)[C@@H]2O)OC[C@]1(C)O. The van der Waals surface area contributed by atoms with Crippen molar-refractivity contribution in [1.29, 1.82) is 0 Å². The number of carbonyl (C=O) groups is 1. The van der Waals surface area contributed by atoms with Crippen molar-refractivity contribution in [2.24, 2.45) is 39.6 Å². The van der Waals surface area contributed by atoms with E-state index in [9.17, 15) is 25.3 Å². The monoisotopic (exact) mass is 575 g/mol. The van der Waals surface area contributed by atoms with Gasteiger partial charge in [-0.2, -0.15) is 0 Å². The molecule has 0 bridgehead atoms. The molecule has 11 atom stereocenters. The molecule has 2 aliphatic heterocycles. The van der Waals surface area contributed by atoms with Gasteiger partial charge in [-0.1, -0.05) is 0 Å². The zero-order valence-corrected chi connectivity index (χ0v) is 22.8. The number of carbonyl (C=O) groups excluding carboxylic acids is 1. The summed E-state index contributed by atoms with van der Waals surface area (Å²) in [6, 6.07) is -4.02. The van der Waals surface area contributed by atoms with Crippen LogP contribution in [0.25, 0.3) is 0 Å². The third-order valence-corrected chi connectivity index (χ3v) is 7.61. The summed E-state index contributed by atoms with van der Waals surface area (Å²) < 4.78 is 17.9. The molecule has 16 N–H and O–H groups in total. The molecule has 17 nitrogen and oxygen atoms in total. The van der Waals surface area contributed by atoms with E-state index in [2.05, 4.69) is 15.6 Å². The van der Waals surface area contributed by atoms with Crippen LogP contribution in [0.5, 0.6) is 0 Å². The summed E-state index contributed by atoms with van der Waals surface area (Å²) in [5, 5.41) is 49.2. The Morgan fingerprint density at radius 2 is 2.00 bits per heavy atom. The smallest absolute Gasteiger partial charge is 0.341 e. The van der Waals surface area contributed by atoms with Crippen molar-refractivity contribution in [3.05, 3.63) is 11.8 Å². The molecule has 3 aliphatic rings. The lowest BCUT2D eigenvalue weighted by Crippen LogP contribution is -2.69. The Bertz CT molecular complexity index is 921. The number of hydrogen-bond acceptors (Lipinski definition) is 13. The Morgan fingerprint density at radius 1 is 1.30 bits per heavy atom. The standard InChI is InChI=1S/C23H45N9O8/c1-23(36)9-38-20(16(34)19(23)29-2)40-18-13(31-22(35)32(37)6-5-24)7-11(26)14(15(18)33)17-12(30-21(27)28)4-3-10(8-25)39-17/h3,11-20,29,33-34,36-37H,4-9,24-26H2,1-2H3,(H,31,35)(H4,27,28,30)/t11-,12+,13+,14?,15-,16+,17-,18-,19+,20+,23-/m0/s1. The van der Waals surface area contributed by atoms with Gasteiger partial charge in [0.15, 0.2) is 12.2 Å². The van der Waals surface area contributed by atoms with Crippen molar-refractivity contribution in [3.63, 3.8) is 0 Å². The molecular weight excluding hydrogens is 530 g/mol. The van der Waals surface area contributed by atoms with E-state index >= 15 is 0 Å². The molecule has 1 unspecified atom stereocenters. The van der Waals surface area contributed by atoms with Crippen molar-refractivity contribution in [2.75, 3.05) is 33.3 Å². The Hall–Kier alpha value is -2.32. The first kappa shape index (κ1) is 32.2. The Labute approximate surface area is 232 Å². The molecule has 0 spiro atoms. The molecule has 1 saturated heterocycles. The van der Waals surface area contributed by atoms with E-state index in [1.54, 1.807) is 13.1 Å². The second-order valence-corrected chi connectivity index (χ2v) is 10.6. The fourth-order valence-electron chi connectivity index (χ4n) is 5.70. The average molecular weight is 576 g/mol. The molecule has 0 radical (unpaired) electrons. The first-order valence-corrected chi connectivity index (χ1v) is 13.2. The Kier molecular flexibility index (Phi) is 10.9. The fraction of sp³-hybridized carbons (Fsp3) is 0.826. The van der Waals surface area contributed by atoms with Gasteiger partial charge in [0.1, 0.15) is 29.7 Å². The minimum atomic E-state index is -1.41. The molecule has 2 fully saturated rings. The summed E-state index contributed by atoms with van der Waals surface area (Å²) in [5.41, 5.74) is 27.7. The van der Waals surface area contributed by atoms with Crippen molar-refractivity contribution in [1.82, 2.24) is 15.7 Å². The summed E-state index contributed by atoms with van der Waals surface area (Å²) in [7, 11) is 1.57. The van der Waals surface area contributed by atoms with E-state index in [0.717, 1.165) is 0 Å². The fourth-order valence-corrected chi connectivity index (χ4v) is 5.70. The van der Waals surface area contributed by atoms with Crippen molar-refractivity contribution in [3.8, 4) is 0 Å². The number of hydrogen-bond donors (Lipinski definition) is 11. The van der Waals surface area contributed by atoms with Gasteiger partial charge in [0.05, 0.1) is 43.9 Å². The van der Waals surface area contributed by atoms with Gasteiger partial charge in [0.2, 0.25) is 0 Å². The van der Waals surface area contributed by atoms with E-state index < -0.39 is 72.4 Å². The van der Waals surface area contributed by atoms with Crippen molar-refractivity contribution in [2.45, 2.75) is 80.2 Å². The molecule has 1 aliphatic carbocycles. The van der Waals surface area contributed by atoms with Crippen molar-refractivity contribution < 1.29 is 39.5 Å². The number of likely N-dealkylation sites (N-methyl/N-ethyl adjacent to an activating group) is 1. The van der Waals surface area contributed by atoms with Crippen LogP contribution >= 0.6 is 0 Å². The number of guanidine groups is 1. The highest BCUT2D eigenvalue weighted by Crippen LogP contribution is 2.37. The third-order valence-electron chi connectivity index (χ3n) is 7.61. The number of aliphatic hydroxyl groups excluding tert-OH is 2. The summed E-state index contributed by atoms with van der Waals surface area (Å²) in [5.74, 6) is -0.520. The van der Waals surface area contributed by atoms with Crippen molar-refractivity contribution >= 4 is 12.0 Å². The number of aliphatic hydroxyl groups is 3. The van der Waals surface area contributed by atoms with Gasteiger partial charge in [-0.15, -0.1) is 0 Å². The lowest BCUT2D eigenvalue weighted by molar-refractivity contribution is -0.297. The van der Waals surface area contributed by atoms with Crippen LogP contribution in [0.2, 0.25) is 0 Å². The topological polar surface area (TPSA) is 295 Å². The van der Waals surface area contributed by atoms with Crippen LogP contribution in [-0.4, -0.2) is 131 Å². The highest BCUT2D eigenvalue weighted by molar-refractivity contribution is 5.76. The van der Waals surface area contributed by atoms with E-state index in [-0.39, 0.29) is 38.6 Å². The first-order valence-electron chi connectivity index (χ1n) is 13.2. The predicted octanol–water partition coefficient (Wildman–Crippen LogP) is -4.86.